The zero-order valence-electron chi connectivity index (χ0n) is 19.9. The molecule has 0 spiro atoms. The first kappa shape index (κ1) is 33.6. The fraction of sp³-hybridized carbons (Fsp3) is 0.269. The van der Waals surface area contributed by atoms with Crippen molar-refractivity contribution in [3.63, 3.8) is 0 Å². The summed E-state index contributed by atoms with van der Waals surface area (Å²) in [5.41, 5.74) is 1.22. The van der Waals surface area contributed by atoms with Crippen molar-refractivity contribution in [1.29, 1.82) is 0 Å². The molecule has 32 heavy (non-hydrogen) atoms. The van der Waals surface area contributed by atoms with Gasteiger partial charge in [-0.25, -0.2) is 0 Å². The van der Waals surface area contributed by atoms with E-state index in [4.69, 9.17) is 0 Å². The van der Waals surface area contributed by atoms with E-state index in [0.29, 0.717) is 0 Å². The second kappa shape index (κ2) is 18.8. The molecule has 0 atom stereocenters. The molecule has 0 unspecified atom stereocenters. The molecule has 0 bridgehead atoms. The van der Waals surface area contributed by atoms with Crippen LogP contribution in [-0.4, -0.2) is 31.1 Å². The Hall–Kier alpha value is -0.542. The van der Waals surface area contributed by atoms with E-state index in [0.717, 1.165) is 0 Å². The largest absolute Gasteiger partial charge is 0.147 e. The van der Waals surface area contributed by atoms with E-state index in [9.17, 15) is 3.40 Å². The summed E-state index contributed by atoms with van der Waals surface area (Å²) in [5.74, 6) is 0. The van der Waals surface area contributed by atoms with Crippen LogP contribution in [0.5, 0.6) is 0 Å². The van der Waals surface area contributed by atoms with E-state index in [2.05, 4.69) is 113 Å². The second-order valence-electron chi connectivity index (χ2n) is 8.03. The third-order valence-electron chi connectivity index (χ3n) is 4.56. The van der Waals surface area contributed by atoms with Gasteiger partial charge in [-0.1, -0.05) is 36.4 Å². The van der Waals surface area contributed by atoms with Crippen LogP contribution in [0.4, 0.5) is 0 Å². The molecule has 0 aliphatic heterocycles. The molecule has 6 heteroatoms. The van der Waals surface area contributed by atoms with Gasteiger partial charge in [0, 0.05) is 15.8 Å². The zero-order chi connectivity index (χ0) is 22.4. The molecule has 3 aromatic rings. The molecule has 3 aromatic carbocycles. The van der Waals surface area contributed by atoms with Gasteiger partial charge in [-0.2, -0.15) is 0 Å². The van der Waals surface area contributed by atoms with Crippen molar-refractivity contribution >= 4 is 55.7 Å². The van der Waals surface area contributed by atoms with Crippen LogP contribution in [0.15, 0.2) is 91.0 Å². The molecule has 0 saturated carbocycles. The molecule has 0 aromatic heterocycles. The van der Waals surface area contributed by atoms with Crippen LogP contribution >= 0.6 is 40.7 Å². The molecule has 0 aliphatic rings. The molecule has 0 saturated heterocycles. The number of benzene rings is 3. The monoisotopic (exact) mass is 682 g/mol. The van der Waals surface area contributed by atoms with Crippen LogP contribution in [0, 0.1) is 0 Å². The number of rotatable bonds is 4. The molecular formula is C26H38Cl2OP2W+2. The molecule has 176 valence electrons. The minimum absolute atomic E-state index is 0. The van der Waals surface area contributed by atoms with Gasteiger partial charge in [0.2, 0.25) is 0 Å². The maximum atomic E-state index is 10.6. The quantitative estimate of drug-likeness (QED) is 0.283. The Balaban J connectivity index is 0. The number of hydrogen-bond acceptors (Lipinski definition) is 1. The van der Waals surface area contributed by atoms with Crippen LogP contribution in [0.3, 0.4) is 0 Å². The van der Waals surface area contributed by atoms with Gasteiger partial charge >= 0.3 is 81.0 Å². The molecule has 0 aliphatic carbocycles. The van der Waals surface area contributed by atoms with Crippen LogP contribution < -0.4 is 10.6 Å². The van der Waals surface area contributed by atoms with Gasteiger partial charge in [-0.05, 0) is 24.3 Å². The van der Waals surface area contributed by atoms with Crippen molar-refractivity contribution in [1.82, 2.24) is 0 Å². The number of hydrogen-bond donors (Lipinski definition) is 0. The third-order valence-corrected chi connectivity index (χ3v) is 10.0. The van der Waals surface area contributed by atoms with Crippen LogP contribution in [0.1, 0.15) is 19.4 Å². The van der Waals surface area contributed by atoms with Gasteiger partial charge in [0.05, 0.1) is 37.3 Å². The summed E-state index contributed by atoms with van der Waals surface area (Å²) >= 11 is -1.43. The predicted molar refractivity (Wildman–Crippen MR) is 153 cm³/mol. The maximum absolute atomic E-state index is 10.6. The first-order valence-electron chi connectivity index (χ1n) is 10.2. The van der Waals surface area contributed by atoms with E-state index < -0.39 is 18.1 Å². The van der Waals surface area contributed by atoms with E-state index >= 15 is 0 Å². The van der Waals surface area contributed by atoms with Crippen molar-refractivity contribution in [2.45, 2.75) is 19.3 Å². The van der Waals surface area contributed by atoms with Crippen molar-refractivity contribution in [2.75, 3.05) is 26.7 Å². The summed E-state index contributed by atoms with van der Waals surface area (Å²) in [7, 11) is -0.424. The predicted octanol–water partition coefficient (Wildman–Crippen LogP) is 6.61. The van der Waals surface area contributed by atoms with Gasteiger partial charge in [-0.3, -0.25) is 0 Å². The topological polar surface area (TPSA) is 17.1 Å². The summed E-state index contributed by atoms with van der Waals surface area (Å²) in [6, 6.07) is 31.5. The molecule has 0 radical (unpaired) electrons. The van der Waals surface area contributed by atoms with Gasteiger partial charge in [0.25, 0.3) is 0 Å². The fourth-order valence-corrected chi connectivity index (χ4v) is 5.67. The van der Waals surface area contributed by atoms with E-state index in [-0.39, 0.29) is 46.1 Å². The molecular weight excluding hydrogens is 645 g/mol. The second-order valence-corrected chi connectivity index (χ2v) is 14.7. The van der Waals surface area contributed by atoms with Crippen LogP contribution in [0.2, 0.25) is 0 Å². The summed E-state index contributed by atoms with van der Waals surface area (Å²) in [6.45, 7) is 13.4. The molecule has 3 rings (SSSR count). The van der Waals surface area contributed by atoms with Crippen molar-refractivity contribution < 1.29 is 21.5 Å². The zero-order valence-corrected chi connectivity index (χ0v) is 26.4. The average Bonchev–Trinajstić information content (AvgIpc) is 2.76. The Morgan fingerprint density at radius 3 is 1.19 bits per heavy atom. The Labute approximate surface area is 218 Å². The first-order valence-corrected chi connectivity index (χ1v) is 18.1. The van der Waals surface area contributed by atoms with Crippen molar-refractivity contribution in [2.24, 2.45) is 0 Å². The maximum Gasteiger partial charge on any atom is 0.0908 e. The summed E-state index contributed by atoms with van der Waals surface area (Å²) in [4.78, 5) is 0. The molecule has 0 amide bonds. The van der Waals surface area contributed by atoms with E-state index in [1.807, 2.05) is 22.6 Å². The Kier molecular flexibility index (Phi) is 19.8. The summed E-state index contributed by atoms with van der Waals surface area (Å²) in [6.07, 6.45) is 0. The minimum Gasteiger partial charge on any atom is -0.147 e. The Bertz CT molecular complexity index is 840. The minimum atomic E-state index is -1.43. The molecule has 1 nitrogen and oxygen atoms in total. The smallest absolute Gasteiger partial charge is 0.0908 e. The first-order chi connectivity index (χ1) is 14.3. The summed E-state index contributed by atoms with van der Waals surface area (Å²) < 4.78 is 12.6. The van der Waals surface area contributed by atoms with Gasteiger partial charge < -0.3 is 0 Å². The van der Waals surface area contributed by atoms with Gasteiger partial charge in [0.15, 0.2) is 0 Å². The van der Waals surface area contributed by atoms with E-state index in [1.54, 1.807) is 0 Å². The Morgan fingerprint density at radius 2 is 0.938 bits per heavy atom. The van der Waals surface area contributed by atoms with Crippen LogP contribution in [-0.2, 0) is 26.9 Å². The SMILES string of the molecule is CC(C)([CH]=[W]=[O])c1ccccc1.C[PH+](C)c1ccccc1.C[PH+](C)c1ccccc1.Cl.Cl. The van der Waals surface area contributed by atoms with Crippen LogP contribution in [0.25, 0.3) is 0 Å². The van der Waals surface area contributed by atoms with E-state index in [1.165, 1.54) is 16.2 Å². The van der Waals surface area contributed by atoms with Crippen molar-refractivity contribution in [3.8, 4) is 0 Å². The third kappa shape index (κ3) is 13.9. The van der Waals surface area contributed by atoms with Gasteiger partial charge in [0.1, 0.15) is 0 Å². The standard InChI is InChI=1S/C10H12.2C8H11P.2ClH.O.W/c1-10(2,3)9-7-5-4-6-8-9;2*1-9(2)8-6-4-3-5-7-8;;;;/h1,4-8H,2-3H3;2*3-7H,1-2H3;2*1H;;/p+2. The molecule has 0 heterocycles. The average molecular weight is 683 g/mol. The van der Waals surface area contributed by atoms with Gasteiger partial charge in [-0.15, -0.1) is 24.8 Å². The molecule has 0 N–H and O–H groups in total. The van der Waals surface area contributed by atoms with Crippen molar-refractivity contribution in [3.05, 3.63) is 96.6 Å². The normalized spacial score (nSPS) is 9.75. The fourth-order valence-electron chi connectivity index (χ4n) is 2.60. The number of halogens is 2. The summed E-state index contributed by atoms with van der Waals surface area (Å²) in [5, 5.41) is 3.03. The Morgan fingerprint density at radius 1 is 0.625 bits per heavy atom. The molecule has 0 fully saturated rings.